The molecule has 0 fully saturated rings. The van der Waals surface area contributed by atoms with Crippen LogP contribution in [0.4, 0.5) is 0 Å². The smallest absolute Gasteiger partial charge is 0.0964 e. The van der Waals surface area contributed by atoms with Gasteiger partial charge in [-0.15, -0.1) is 11.3 Å². The van der Waals surface area contributed by atoms with E-state index in [0.717, 1.165) is 11.0 Å². The SMILES string of the molecule is Cc1cc2ncn(C(c3sccc3C)C(C)N)c2cc1C. The first-order valence-corrected chi connectivity index (χ1v) is 8.10. The van der Waals surface area contributed by atoms with Gasteiger partial charge in [0.2, 0.25) is 0 Å². The zero-order valence-corrected chi connectivity index (χ0v) is 13.7. The Morgan fingerprint density at radius 3 is 2.48 bits per heavy atom. The third-order valence-corrected chi connectivity index (χ3v) is 5.25. The largest absolute Gasteiger partial charge is 0.326 e. The minimum atomic E-state index is 0.0290. The Hall–Kier alpha value is -1.65. The predicted molar refractivity (Wildman–Crippen MR) is 90.1 cm³/mol. The van der Waals surface area contributed by atoms with Gasteiger partial charge in [0.05, 0.1) is 23.4 Å². The van der Waals surface area contributed by atoms with Crippen molar-refractivity contribution in [1.29, 1.82) is 0 Å². The summed E-state index contributed by atoms with van der Waals surface area (Å²) < 4.78 is 2.23. The second-order valence-corrected chi connectivity index (χ2v) is 6.80. The van der Waals surface area contributed by atoms with E-state index in [9.17, 15) is 0 Å². The summed E-state index contributed by atoms with van der Waals surface area (Å²) in [5.41, 5.74) is 12.4. The van der Waals surface area contributed by atoms with Gasteiger partial charge in [-0.05, 0) is 68.0 Å². The monoisotopic (exact) mass is 299 g/mol. The molecule has 0 spiro atoms. The van der Waals surface area contributed by atoms with E-state index in [0.29, 0.717) is 0 Å². The highest BCUT2D eigenvalue weighted by Gasteiger charge is 2.23. The van der Waals surface area contributed by atoms with Gasteiger partial charge in [0, 0.05) is 10.9 Å². The van der Waals surface area contributed by atoms with E-state index < -0.39 is 0 Å². The van der Waals surface area contributed by atoms with Gasteiger partial charge in [-0.25, -0.2) is 4.98 Å². The molecule has 2 unspecified atom stereocenters. The van der Waals surface area contributed by atoms with Crippen LogP contribution >= 0.6 is 11.3 Å². The molecular formula is C17H21N3S. The fraction of sp³-hybridized carbons (Fsp3) is 0.353. The van der Waals surface area contributed by atoms with Crippen molar-refractivity contribution in [2.24, 2.45) is 5.73 Å². The zero-order chi connectivity index (χ0) is 15.1. The molecule has 0 amide bonds. The molecule has 0 aliphatic heterocycles. The number of benzene rings is 1. The first-order valence-electron chi connectivity index (χ1n) is 7.22. The topological polar surface area (TPSA) is 43.8 Å². The van der Waals surface area contributed by atoms with Gasteiger partial charge in [-0.1, -0.05) is 0 Å². The Bertz CT molecular complexity index is 783. The number of fused-ring (bicyclic) bond motifs is 1. The maximum Gasteiger partial charge on any atom is 0.0964 e. The van der Waals surface area contributed by atoms with Crippen LogP contribution in [0.2, 0.25) is 0 Å². The second-order valence-electron chi connectivity index (χ2n) is 5.85. The van der Waals surface area contributed by atoms with E-state index in [1.54, 1.807) is 11.3 Å². The van der Waals surface area contributed by atoms with Crippen LogP contribution in [0.3, 0.4) is 0 Å². The van der Waals surface area contributed by atoms with E-state index in [1.165, 1.54) is 21.6 Å². The molecule has 21 heavy (non-hydrogen) atoms. The van der Waals surface area contributed by atoms with Gasteiger partial charge < -0.3 is 10.3 Å². The third kappa shape index (κ3) is 2.39. The van der Waals surface area contributed by atoms with Crippen LogP contribution in [-0.4, -0.2) is 15.6 Å². The fourth-order valence-electron chi connectivity index (χ4n) is 2.81. The van der Waals surface area contributed by atoms with Gasteiger partial charge >= 0.3 is 0 Å². The van der Waals surface area contributed by atoms with Crippen LogP contribution in [-0.2, 0) is 0 Å². The molecule has 2 atom stereocenters. The summed E-state index contributed by atoms with van der Waals surface area (Å²) in [5.74, 6) is 0. The molecule has 0 bridgehead atoms. The van der Waals surface area contributed by atoms with Crippen molar-refractivity contribution in [1.82, 2.24) is 9.55 Å². The summed E-state index contributed by atoms with van der Waals surface area (Å²) in [6.07, 6.45) is 1.93. The van der Waals surface area contributed by atoms with Gasteiger partial charge in [-0.2, -0.15) is 0 Å². The average Bonchev–Trinajstić information content (AvgIpc) is 2.99. The van der Waals surface area contributed by atoms with Crippen molar-refractivity contribution < 1.29 is 0 Å². The number of thiophene rings is 1. The molecule has 3 rings (SSSR count). The predicted octanol–water partition coefficient (Wildman–Crippen LogP) is 3.96. The normalized spacial score (nSPS) is 14.5. The number of aromatic nitrogens is 2. The van der Waals surface area contributed by atoms with Gasteiger partial charge in [0.1, 0.15) is 0 Å². The minimum absolute atomic E-state index is 0.0290. The van der Waals surface area contributed by atoms with Crippen molar-refractivity contribution in [3.05, 3.63) is 51.5 Å². The Labute approximate surface area is 129 Å². The van der Waals surface area contributed by atoms with Crippen molar-refractivity contribution in [3.63, 3.8) is 0 Å². The Kier molecular flexibility index (Phi) is 3.59. The molecule has 110 valence electrons. The molecule has 0 aliphatic carbocycles. The number of hydrogen-bond donors (Lipinski definition) is 1. The number of nitrogens with zero attached hydrogens (tertiary/aromatic N) is 2. The molecule has 2 N–H and O–H groups in total. The highest BCUT2D eigenvalue weighted by molar-refractivity contribution is 7.10. The molecule has 3 aromatic rings. The molecule has 2 aromatic heterocycles. The number of nitrogens with two attached hydrogens (primary N) is 1. The van der Waals surface area contributed by atoms with Gasteiger partial charge in [0.25, 0.3) is 0 Å². The molecule has 0 saturated heterocycles. The highest BCUT2D eigenvalue weighted by atomic mass is 32.1. The summed E-state index contributed by atoms with van der Waals surface area (Å²) in [5, 5.41) is 2.13. The maximum absolute atomic E-state index is 6.31. The first-order chi connectivity index (χ1) is 9.99. The summed E-state index contributed by atoms with van der Waals surface area (Å²) in [6, 6.07) is 6.69. The molecule has 4 heteroatoms. The Balaban J connectivity index is 2.21. The van der Waals surface area contributed by atoms with Crippen LogP contribution in [0.1, 0.15) is 34.5 Å². The third-order valence-electron chi connectivity index (χ3n) is 4.16. The lowest BCUT2D eigenvalue weighted by Crippen LogP contribution is -2.29. The maximum atomic E-state index is 6.31. The van der Waals surface area contributed by atoms with Crippen molar-refractivity contribution in [3.8, 4) is 0 Å². The molecule has 1 aromatic carbocycles. The first kappa shape index (κ1) is 14.3. The Morgan fingerprint density at radius 2 is 1.86 bits per heavy atom. The second kappa shape index (κ2) is 5.28. The van der Waals surface area contributed by atoms with Crippen LogP contribution < -0.4 is 5.73 Å². The molecule has 3 nitrogen and oxygen atoms in total. The molecule has 0 radical (unpaired) electrons. The van der Waals surface area contributed by atoms with Gasteiger partial charge in [-0.3, -0.25) is 0 Å². The van der Waals surface area contributed by atoms with Crippen LogP contribution in [0.25, 0.3) is 11.0 Å². The van der Waals surface area contributed by atoms with E-state index in [-0.39, 0.29) is 12.1 Å². The average molecular weight is 299 g/mol. The van der Waals surface area contributed by atoms with E-state index >= 15 is 0 Å². The van der Waals surface area contributed by atoms with E-state index in [1.807, 2.05) is 6.33 Å². The summed E-state index contributed by atoms with van der Waals surface area (Å²) >= 11 is 1.77. The number of aryl methyl sites for hydroxylation is 3. The van der Waals surface area contributed by atoms with Crippen LogP contribution in [0, 0.1) is 20.8 Å². The highest BCUT2D eigenvalue weighted by Crippen LogP contribution is 2.32. The Morgan fingerprint density at radius 1 is 1.14 bits per heavy atom. The quantitative estimate of drug-likeness (QED) is 0.795. The number of rotatable bonds is 3. The number of imidazole rings is 1. The van der Waals surface area contributed by atoms with Crippen molar-refractivity contribution in [2.75, 3.05) is 0 Å². The molecule has 0 saturated carbocycles. The number of hydrogen-bond acceptors (Lipinski definition) is 3. The lowest BCUT2D eigenvalue weighted by molar-refractivity contribution is 0.512. The summed E-state index contributed by atoms with van der Waals surface area (Å²) in [6.45, 7) is 8.48. The van der Waals surface area contributed by atoms with Crippen LogP contribution in [0.15, 0.2) is 29.9 Å². The minimum Gasteiger partial charge on any atom is -0.326 e. The van der Waals surface area contributed by atoms with Crippen LogP contribution in [0.5, 0.6) is 0 Å². The fourth-order valence-corrected chi connectivity index (χ4v) is 3.95. The van der Waals surface area contributed by atoms with Crippen molar-refractivity contribution in [2.45, 2.75) is 39.8 Å². The van der Waals surface area contributed by atoms with Gasteiger partial charge in [0.15, 0.2) is 0 Å². The summed E-state index contributed by atoms with van der Waals surface area (Å²) in [7, 11) is 0. The van der Waals surface area contributed by atoms with E-state index in [4.69, 9.17) is 5.73 Å². The van der Waals surface area contributed by atoms with Crippen molar-refractivity contribution >= 4 is 22.4 Å². The van der Waals surface area contributed by atoms with E-state index in [2.05, 4.69) is 60.8 Å². The zero-order valence-electron chi connectivity index (χ0n) is 12.9. The molecular weight excluding hydrogens is 278 g/mol. The lowest BCUT2D eigenvalue weighted by Gasteiger charge is -2.23. The standard InChI is InChI=1S/C17H21N3S/c1-10-5-6-21-17(10)16(13(4)18)20-9-19-14-7-11(2)12(3)8-15(14)20/h5-9,13,16H,18H2,1-4H3. The molecule has 0 aliphatic rings. The summed E-state index contributed by atoms with van der Waals surface area (Å²) in [4.78, 5) is 5.90. The lowest BCUT2D eigenvalue weighted by atomic mass is 10.0. The molecule has 2 heterocycles.